The molecule has 0 aliphatic heterocycles. The highest BCUT2D eigenvalue weighted by atomic mass is 32.2. The molecule has 134 valence electrons. The maximum atomic E-state index is 12.3. The molecule has 26 heavy (non-hydrogen) atoms. The highest BCUT2D eigenvalue weighted by molar-refractivity contribution is 7.99. The number of carbonyl (C=O) groups is 1. The zero-order chi connectivity index (χ0) is 18.5. The molecular weight excluding hydrogens is 346 g/mol. The molecule has 0 fully saturated rings. The molecule has 0 unspecified atom stereocenters. The van der Waals surface area contributed by atoms with Gasteiger partial charge >= 0.3 is 0 Å². The van der Waals surface area contributed by atoms with Crippen LogP contribution in [0.3, 0.4) is 0 Å². The summed E-state index contributed by atoms with van der Waals surface area (Å²) in [5.41, 5.74) is 4.13. The van der Waals surface area contributed by atoms with Crippen molar-refractivity contribution in [3.05, 3.63) is 53.9 Å². The number of hydrogen-bond acceptors (Lipinski definition) is 5. The van der Waals surface area contributed by atoms with Gasteiger partial charge in [0.15, 0.2) is 11.0 Å². The second kappa shape index (κ2) is 8.14. The third-order valence-electron chi connectivity index (χ3n) is 4.09. The molecule has 1 N–H and O–H groups in total. The molecule has 0 saturated carbocycles. The third kappa shape index (κ3) is 4.11. The van der Waals surface area contributed by atoms with Gasteiger partial charge in [0.2, 0.25) is 5.91 Å². The topological polar surface area (TPSA) is 72.7 Å². The lowest BCUT2D eigenvalue weighted by molar-refractivity contribution is -0.113. The number of benzene rings is 1. The van der Waals surface area contributed by atoms with Crippen molar-refractivity contribution in [3.63, 3.8) is 0 Å². The van der Waals surface area contributed by atoms with Gasteiger partial charge < -0.3 is 9.88 Å². The fourth-order valence-corrected chi connectivity index (χ4v) is 3.34. The summed E-state index contributed by atoms with van der Waals surface area (Å²) in [5.74, 6) is 1.00. The van der Waals surface area contributed by atoms with Gasteiger partial charge in [-0.25, -0.2) is 0 Å². The van der Waals surface area contributed by atoms with Gasteiger partial charge in [-0.1, -0.05) is 17.8 Å². The number of hydrogen-bond donors (Lipinski definition) is 1. The predicted molar refractivity (Wildman–Crippen MR) is 104 cm³/mol. The van der Waals surface area contributed by atoms with Gasteiger partial charge in [-0.05, 0) is 56.2 Å². The Bertz CT molecular complexity index is 908. The molecule has 7 heteroatoms. The Morgan fingerprint density at radius 3 is 2.58 bits per heavy atom. The van der Waals surface area contributed by atoms with E-state index >= 15 is 0 Å². The van der Waals surface area contributed by atoms with Crippen molar-refractivity contribution in [2.45, 2.75) is 32.5 Å². The number of amides is 1. The molecule has 0 aliphatic carbocycles. The molecule has 0 bridgehead atoms. The molecule has 6 nitrogen and oxygen atoms in total. The predicted octanol–water partition coefficient (Wildman–Crippen LogP) is 3.71. The highest BCUT2D eigenvalue weighted by Crippen LogP contribution is 2.23. The molecule has 0 spiro atoms. The average Bonchev–Trinajstić information content (AvgIpc) is 3.07. The van der Waals surface area contributed by atoms with Crippen LogP contribution in [0, 0.1) is 13.8 Å². The Hall–Kier alpha value is -2.67. The van der Waals surface area contributed by atoms with Crippen molar-refractivity contribution in [3.8, 4) is 11.4 Å². The van der Waals surface area contributed by atoms with Crippen LogP contribution in [0.2, 0.25) is 0 Å². The molecule has 1 amide bonds. The van der Waals surface area contributed by atoms with E-state index in [-0.39, 0.29) is 11.7 Å². The van der Waals surface area contributed by atoms with E-state index in [1.165, 1.54) is 17.3 Å². The number of anilines is 1. The van der Waals surface area contributed by atoms with Gasteiger partial charge in [-0.15, -0.1) is 10.2 Å². The first-order valence-corrected chi connectivity index (χ1v) is 9.40. The van der Waals surface area contributed by atoms with E-state index in [1.54, 1.807) is 12.4 Å². The summed E-state index contributed by atoms with van der Waals surface area (Å²) < 4.78 is 2.00. The quantitative estimate of drug-likeness (QED) is 0.673. The first-order chi connectivity index (χ1) is 12.6. The van der Waals surface area contributed by atoms with E-state index in [0.717, 1.165) is 34.3 Å². The molecule has 3 aromatic rings. The third-order valence-corrected chi connectivity index (χ3v) is 5.06. The smallest absolute Gasteiger partial charge is 0.234 e. The van der Waals surface area contributed by atoms with E-state index in [0.29, 0.717) is 0 Å². The van der Waals surface area contributed by atoms with Gasteiger partial charge in [0.25, 0.3) is 0 Å². The zero-order valence-electron chi connectivity index (χ0n) is 15.1. The normalized spacial score (nSPS) is 10.7. The van der Waals surface area contributed by atoms with Gasteiger partial charge in [-0.3, -0.25) is 9.78 Å². The number of pyridine rings is 1. The van der Waals surface area contributed by atoms with E-state index in [9.17, 15) is 4.79 Å². The summed E-state index contributed by atoms with van der Waals surface area (Å²) in [6.45, 7) is 6.85. The van der Waals surface area contributed by atoms with Crippen molar-refractivity contribution in [1.82, 2.24) is 19.7 Å². The summed E-state index contributed by atoms with van der Waals surface area (Å²) in [6, 6.07) is 9.70. The molecule has 3 rings (SSSR count). The summed E-state index contributed by atoms with van der Waals surface area (Å²) in [6.07, 6.45) is 3.46. The Balaban J connectivity index is 1.67. The maximum absolute atomic E-state index is 12.3. The van der Waals surface area contributed by atoms with Gasteiger partial charge in [0, 0.05) is 30.2 Å². The highest BCUT2D eigenvalue weighted by Gasteiger charge is 2.14. The van der Waals surface area contributed by atoms with Gasteiger partial charge in [0.05, 0.1) is 5.75 Å². The minimum atomic E-state index is -0.0608. The first-order valence-electron chi connectivity index (χ1n) is 8.42. The molecule has 0 aliphatic rings. The number of nitrogens with one attached hydrogen (secondary N) is 1. The zero-order valence-corrected chi connectivity index (χ0v) is 15.9. The summed E-state index contributed by atoms with van der Waals surface area (Å²) in [7, 11) is 0. The number of rotatable bonds is 6. The minimum absolute atomic E-state index is 0.0608. The Morgan fingerprint density at radius 2 is 1.88 bits per heavy atom. The lowest BCUT2D eigenvalue weighted by Crippen LogP contribution is -2.14. The van der Waals surface area contributed by atoms with Crippen molar-refractivity contribution < 1.29 is 4.79 Å². The Labute approximate surface area is 157 Å². The van der Waals surface area contributed by atoms with Crippen LogP contribution in [0.25, 0.3) is 11.4 Å². The molecule has 2 heterocycles. The van der Waals surface area contributed by atoms with Crippen LogP contribution in [-0.4, -0.2) is 31.4 Å². The summed E-state index contributed by atoms with van der Waals surface area (Å²) in [5, 5.41) is 12.2. The fraction of sp³-hybridized carbons (Fsp3) is 0.263. The molecule has 0 atom stereocenters. The summed E-state index contributed by atoms with van der Waals surface area (Å²) in [4.78, 5) is 16.3. The van der Waals surface area contributed by atoms with Crippen LogP contribution in [-0.2, 0) is 11.3 Å². The number of carbonyl (C=O) groups excluding carboxylic acids is 1. The van der Waals surface area contributed by atoms with Crippen LogP contribution in [0.5, 0.6) is 0 Å². The lowest BCUT2D eigenvalue weighted by atomic mass is 10.1. The number of thioether (sulfide) groups is 1. The summed E-state index contributed by atoms with van der Waals surface area (Å²) >= 11 is 1.38. The van der Waals surface area contributed by atoms with Crippen molar-refractivity contribution in [2.24, 2.45) is 0 Å². The molecule has 0 saturated heterocycles. The number of nitrogens with zero attached hydrogens (tertiary/aromatic N) is 4. The van der Waals surface area contributed by atoms with E-state index in [1.807, 2.05) is 48.7 Å². The molecule has 1 aromatic carbocycles. The second-order valence-electron chi connectivity index (χ2n) is 5.92. The second-order valence-corrected chi connectivity index (χ2v) is 6.86. The van der Waals surface area contributed by atoms with Crippen LogP contribution >= 0.6 is 11.8 Å². The van der Waals surface area contributed by atoms with Gasteiger partial charge in [-0.2, -0.15) is 0 Å². The van der Waals surface area contributed by atoms with Crippen LogP contribution in [0.1, 0.15) is 18.1 Å². The Kier molecular flexibility index (Phi) is 5.68. The molecule has 0 radical (unpaired) electrons. The maximum Gasteiger partial charge on any atom is 0.234 e. The minimum Gasteiger partial charge on any atom is -0.325 e. The monoisotopic (exact) mass is 367 g/mol. The largest absolute Gasteiger partial charge is 0.325 e. The molecule has 2 aromatic heterocycles. The van der Waals surface area contributed by atoms with Crippen LogP contribution in [0.4, 0.5) is 5.69 Å². The average molecular weight is 367 g/mol. The van der Waals surface area contributed by atoms with Gasteiger partial charge in [0.1, 0.15) is 0 Å². The van der Waals surface area contributed by atoms with E-state index in [4.69, 9.17) is 0 Å². The van der Waals surface area contributed by atoms with E-state index in [2.05, 4.69) is 27.4 Å². The Morgan fingerprint density at radius 1 is 1.12 bits per heavy atom. The van der Waals surface area contributed by atoms with Crippen molar-refractivity contribution >= 4 is 23.4 Å². The van der Waals surface area contributed by atoms with Crippen LogP contribution < -0.4 is 5.32 Å². The lowest BCUT2D eigenvalue weighted by Gasteiger charge is -2.09. The molecular formula is C19H21N5OS. The first kappa shape index (κ1) is 18.1. The van der Waals surface area contributed by atoms with Crippen LogP contribution in [0.15, 0.2) is 47.9 Å². The SMILES string of the molecule is CCn1c(SCC(=O)Nc2ccc(C)c(C)c2)nnc1-c1ccncc1. The van der Waals surface area contributed by atoms with Crippen molar-refractivity contribution in [1.29, 1.82) is 0 Å². The number of aromatic nitrogens is 4. The number of aryl methyl sites for hydroxylation is 2. The standard InChI is InChI=1S/C19H21N5OS/c1-4-24-18(15-7-9-20-10-8-15)22-23-19(24)26-12-17(25)21-16-6-5-13(2)14(3)11-16/h5-11H,4,12H2,1-3H3,(H,21,25). The van der Waals surface area contributed by atoms with E-state index < -0.39 is 0 Å². The van der Waals surface area contributed by atoms with Crippen molar-refractivity contribution in [2.75, 3.05) is 11.1 Å². The fourth-order valence-electron chi connectivity index (χ4n) is 2.54.